The van der Waals surface area contributed by atoms with E-state index in [1.165, 1.54) is 11.4 Å². The van der Waals surface area contributed by atoms with Gasteiger partial charge < -0.3 is 10.5 Å². The number of piperidine rings is 1. The fourth-order valence-electron chi connectivity index (χ4n) is 3.30. The Balaban J connectivity index is 1.59. The molecule has 8 heteroatoms. The van der Waals surface area contributed by atoms with Crippen molar-refractivity contribution in [1.82, 2.24) is 9.21 Å². The largest absolute Gasteiger partial charge is 0.497 e. The first-order valence-electron chi connectivity index (χ1n) is 8.09. The maximum Gasteiger partial charge on any atom is 0.243 e. The quantitative estimate of drug-likeness (QED) is 0.820. The van der Waals surface area contributed by atoms with E-state index in [0.29, 0.717) is 18.8 Å². The minimum atomic E-state index is -3.48. The summed E-state index contributed by atoms with van der Waals surface area (Å²) in [6.45, 7) is 2.57. The lowest BCUT2D eigenvalue weighted by Crippen LogP contribution is -2.62. The zero-order valence-electron chi connectivity index (χ0n) is 13.7. The Morgan fingerprint density at radius 1 is 1.25 bits per heavy atom. The van der Waals surface area contributed by atoms with Crippen LogP contribution in [0.15, 0.2) is 29.2 Å². The third-order valence-corrected chi connectivity index (χ3v) is 6.78. The molecule has 0 aliphatic carbocycles. The summed E-state index contributed by atoms with van der Waals surface area (Å²) in [7, 11) is -1.96. The van der Waals surface area contributed by atoms with Crippen molar-refractivity contribution in [2.45, 2.75) is 23.8 Å². The van der Waals surface area contributed by atoms with Gasteiger partial charge in [-0.25, -0.2) is 8.42 Å². The molecule has 0 aromatic heterocycles. The van der Waals surface area contributed by atoms with Gasteiger partial charge in [0.1, 0.15) is 5.75 Å². The lowest BCUT2D eigenvalue weighted by atomic mass is 9.94. The molecular formula is C16H23N3O4S. The molecule has 1 aromatic rings. The van der Waals surface area contributed by atoms with Crippen LogP contribution in [0.25, 0.3) is 0 Å². The SMILES string of the molecule is COc1cccc(S(=O)(=O)N2CC(N3CCC(C(N)=O)CC3)C2)c1. The zero-order valence-corrected chi connectivity index (χ0v) is 14.5. The van der Waals surface area contributed by atoms with Gasteiger partial charge in [0.15, 0.2) is 0 Å². The Kier molecular flexibility index (Phi) is 4.80. The Morgan fingerprint density at radius 2 is 1.92 bits per heavy atom. The van der Waals surface area contributed by atoms with Crippen LogP contribution in [-0.2, 0) is 14.8 Å². The third kappa shape index (κ3) is 3.26. The molecule has 132 valence electrons. The third-order valence-electron chi connectivity index (χ3n) is 4.96. The van der Waals surface area contributed by atoms with Gasteiger partial charge in [0.25, 0.3) is 0 Å². The smallest absolute Gasteiger partial charge is 0.243 e. The summed E-state index contributed by atoms with van der Waals surface area (Å²) >= 11 is 0. The van der Waals surface area contributed by atoms with Gasteiger partial charge >= 0.3 is 0 Å². The molecule has 0 bridgehead atoms. The number of sulfonamides is 1. The predicted octanol–water partition coefficient (Wildman–Crippen LogP) is 0.265. The van der Waals surface area contributed by atoms with E-state index < -0.39 is 10.0 Å². The number of ether oxygens (including phenoxy) is 1. The number of rotatable bonds is 5. The summed E-state index contributed by atoms with van der Waals surface area (Å²) in [5.74, 6) is 0.255. The fraction of sp³-hybridized carbons (Fsp3) is 0.562. The van der Waals surface area contributed by atoms with Crippen LogP contribution in [0.1, 0.15) is 12.8 Å². The molecule has 2 N–H and O–H groups in total. The van der Waals surface area contributed by atoms with E-state index in [4.69, 9.17) is 10.5 Å². The number of nitrogens with two attached hydrogens (primary N) is 1. The number of hydrogen-bond acceptors (Lipinski definition) is 5. The molecular weight excluding hydrogens is 330 g/mol. The van der Waals surface area contributed by atoms with Gasteiger partial charge in [0.2, 0.25) is 15.9 Å². The highest BCUT2D eigenvalue weighted by Crippen LogP contribution is 2.28. The van der Waals surface area contributed by atoms with Crippen LogP contribution < -0.4 is 10.5 Å². The minimum absolute atomic E-state index is 0.0436. The van der Waals surface area contributed by atoms with Crippen molar-refractivity contribution in [1.29, 1.82) is 0 Å². The van der Waals surface area contributed by atoms with Crippen LogP contribution in [-0.4, -0.2) is 62.9 Å². The number of methoxy groups -OCH3 is 1. The molecule has 1 aromatic carbocycles. The number of hydrogen-bond donors (Lipinski definition) is 1. The van der Waals surface area contributed by atoms with Crippen molar-refractivity contribution in [3.63, 3.8) is 0 Å². The highest BCUT2D eigenvalue weighted by atomic mass is 32.2. The Labute approximate surface area is 142 Å². The number of carbonyl (C=O) groups excluding carboxylic acids is 1. The summed E-state index contributed by atoms with van der Waals surface area (Å²) in [6.07, 6.45) is 1.52. The van der Waals surface area contributed by atoms with Gasteiger partial charge in [-0.15, -0.1) is 0 Å². The van der Waals surface area contributed by atoms with E-state index in [9.17, 15) is 13.2 Å². The number of likely N-dealkylation sites (tertiary alicyclic amines) is 1. The molecule has 0 saturated carbocycles. The van der Waals surface area contributed by atoms with Crippen molar-refractivity contribution in [2.75, 3.05) is 33.3 Å². The fourth-order valence-corrected chi connectivity index (χ4v) is 4.85. The maximum absolute atomic E-state index is 12.6. The van der Waals surface area contributed by atoms with Gasteiger partial charge in [0.05, 0.1) is 12.0 Å². The van der Waals surface area contributed by atoms with Gasteiger partial charge in [0, 0.05) is 31.1 Å². The molecule has 2 saturated heterocycles. The number of benzene rings is 1. The topological polar surface area (TPSA) is 92.9 Å². The van der Waals surface area contributed by atoms with Gasteiger partial charge in [-0.05, 0) is 38.1 Å². The normalized spacial score (nSPS) is 21.4. The first-order chi connectivity index (χ1) is 11.4. The van der Waals surface area contributed by atoms with Crippen molar-refractivity contribution in [3.8, 4) is 5.75 Å². The van der Waals surface area contributed by atoms with Crippen molar-refractivity contribution >= 4 is 15.9 Å². The highest BCUT2D eigenvalue weighted by Gasteiger charge is 2.40. The molecule has 0 radical (unpaired) electrons. The molecule has 2 fully saturated rings. The molecule has 0 atom stereocenters. The average molecular weight is 353 g/mol. The second-order valence-electron chi connectivity index (χ2n) is 6.37. The van der Waals surface area contributed by atoms with Crippen molar-refractivity contribution in [3.05, 3.63) is 24.3 Å². The Hall–Kier alpha value is -1.64. The Morgan fingerprint density at radius 3 is 2.50 bits per heavy atom. The monoisotopic (exact) mass is 353 g/mol. The summed E-state index contributed by atoms with van der Waals surface area (Å²) in [4.78, 5) is 13.7. The van der Waals surface area contributed by atoms with Gasteiger partial charge in [-0.3, -0.25) is 9.69 Å². The minimum Gasteiger partial charge on any atom is -0.497 e. The molecule has 0 unspecified atom stereocenters. The molecule has 2 aliphatic heterocycles. The van der Waals surface area contributed by atoms with Crippen LogP contribution in [0.5, 0.6) is 5.75 Å². The lowest BCUT2D eigenvalue weighted by molar-refractivity contribution is -0.123. The van der Waals surface area contributed by atoms with Crippen molar-refractivity contribution < 1.29 is 17.9 Å². The summed E-state index contributed by atoms with van der Waals surface area (Å²) in [6, 6.07) is 6.75. The number of nitrogens with zero attached hydrogens (tertiary/aromatic N) is 2. The number of primary amides is 1. The van der Waals surface area contributed by atoms with E-state index in [2.05, 4.69) is 4.90 Å². The summed E-state index contributed by atoms with van der Waals surface area (Å²) in [5, 5.41) is 0. The number of carbonyl (C=O) groups is 1. The maximum atomic E-state index is 12.6. The second kappa shape index (κ2) is 6.70. The van der Waals surface area contributed by atoms with Crippen molar-refractivity contribution in [2.24, 2.45) is 11.7 Å². The van der Waals surface area contributed by atoms with Gasteiger partial charge in [-0.2, -0.15) is 4.31 Å². The van der Waals surface area contributed by atoms with Crippen LogP contribution in [0.3, 0.4) is 0 Å². The summed E-state index contributed by atoms with van der Waals surface area (Å²) in [5.41, 5.74) is 5.35. The molecule has 7 nitrogen and oxygen atoms in total. The van der Waals surface area contributed by atoms with E-state index >= 15 is 0 Å². The van der Waals surface area contributed by atoms with Crippen LogP contribution in [0, 0.1) is 5.92 Å². The number of amides is 1. The van der Waals surface area contributed by atoms with Gasteiger partial charge in [-0.1, -0.05) is 6.07 Å². The zero-order chi connectivity index (χ0) is 17.3. The lowest BCUT2D eigenvalue weighted by Gasteiger charge is -2.46. The molecule has 3 rings (SSSR count). The average Bonchev–Trinajstić information content (AvgIpc) is 2.54. The first-order valence-corrected chi connectivity index (χ1v) is 9.53. The van der Waals surface area contributed by atoms with E-state index in [0.717, 1.165) is 25.9 Å². The second-order valence-corrected chi connectivity index (χ2v) is 8.31. The van der Waals surface area contributed by atoms with E-state index in [1.807, 2.05) is 0 Å². The summed E-state index contributed by atoms with van der Waals surface area (Å²) < 4.78 is 31.9. The molecule has 2 heterocycles. The molecule has 0 spiro atoms. The standard InChI is InChI=1S/C16H23N3O4S/c1-23-14-3-2-4-15(9-14)24(21,22)19-10-13(11-19)18-7-5-12(6-8-18)16(17)20/h2-4,9,12-13H,5-8,10-11H2,1H3,(H2,17,20). The van der Waals surface area contributed by atoms with E-state index in [1.54, 1.807) is 24.3 Å². The predicted molar refractivity (Wildman–Crippen MR) is 89.0 cm³/mol. The van der Waals surface area contributed by atoms with Crippen LogP contribution in [0.2, 0.25) is 0 Å². The van der Waals surface area contributed by atoms with Crippen LogP contribution in [0.4, 0.5) is 0 Å². The molecule has 2 aliphatic rings. The Bertz CT molecular complexity index is 708. The molecule has 24 heavy (non-hydrogen) atoms. The first kappa shape index (κ1) is 17.2. The van der Waals surface area contributed by atoms with Crippen LogP contribution >= 0.6 is 0 Å². The highest BCUT2D eigenvalue weighted by molar-refractivity contribution is 7.89. The molecule has 1 amide bonds. The van der Waals surface area contributed by atoms with E-state index in [-0.39, 0.29) is 22.8 Å².